The maximum Gasteiger partial charge on any atom is 0.407 e. The second kappa shape index (κ2) is 6.14. The molecule has 5 nitrogen and oxygen atoms in total. The molecule has 6 heteroatoms. The van der Waals surface area contributed by atoms with Crippen LogP contribution in [0.3, 0.4) is 0 Å². The Kier molecular flexibility index (Phi) is 4.80. The molecule has 2 aliphatic rings. The number of nitrogens with one attached hydrogen (secondary N) is 1. The molecule has 0 radical (unpaired) electrons. The molecule has 0 spiro atoms. The summed E-state index contributed by atoms with van der Waals surface area (Å²) in [6, 6.07) is -0.100. The molecular weight excluding hydrogens is 300 g/mol. The lowest BCUT2D eigenvalue weighted by molar-refractivity contribution is -0.110. The number of hydrogen-bond acceptors (Lipinski definition) is 3. The molecule has 2 heterocycles. The molecule has 22 heavy (non-hydrogen) atoms. The summed E-state index contributed by atoms with van der Waals surface area (Å²) in [5.74, 6) is 0. The Morgan fingerprint density at radius 3 is 2.73 bits per heavy atom. The van der Waals surface area contributed by atoms with Crippen LogP contribution in [0.4, 0.5) is 4.79 Å². The van der Waals surface area contributed by atoms with Crippen LogP contribution in [0.25, 0.3) is 0 Å². The molecule has 3 atom stereocenters. The van der Waals surface area contributed by atoms with Crippen molar-refractivity contribution >= 4 is 24.3 Å². The van der Waals surface area contributed by atoms with E-state index < -0.39 is 6.09 Å². The van der Waals surface area contributed by atoms with E-state index in [0.717, 1.165) is 25.7 Å². The van der Waals surface area contributed by atoms with E-state index in [1.165, 1.54) is 5.57 Å². The van der Waals surface area contributed by atoms with Gasteiger partial charge in [0.1, 0.15) is 0 Å². The number of rotatable bonds is 3. The molecule has 0 aromatic carbocycles. The molecule has 0 bridgehead atoms. The summed E-state index contributed by atoms with van der Waals surface area (Å²) in [5, 5.41) is 14.5. The molecule has 1 fully saturated rings. The Hall–Kier alpha value is -1.17. The molecule has 0 aromatic heterocycles. The number of nitrogens with zero attached hydrogens (tertiary/aromatic N) is 1. The van der Waals surface area contributed by atoms with Crippen LogP contribution in [-0.4, -0.2) is 40.5 Å². The SMILES string of the molecule is CC(C)(C)C1=CSC(NC=O)C1(C)C1CCCCN1C(=O)O. The van der Waals surface area contributed by atoms with Gasteiger partial charge in [0, 0.05) is 18.0 Å². The zero-order valence-electron chi connectivity index (χ0n) is 13.8. The maximum atomic E-state index is 11.7. The van der Waals surface area contributed by atoms with E-state index in [-0.39, 0.29) is 22.2 Å². The van der Waals surface area contributed by atoms with E-state index in [1.54, 1.807) is 16.7 Å². The van der Waals surface area contributed by atoms with Crippen LogP contribution in [0.1, 0.15) is 47.0 Å². The molecule has 3 unspecified atom stereocenters. The van der Waals surface area contributed by atoms with Crippen molar-refractivity contribution in [3.8, 4) is 0 Å². The zero-order valence-corrected chi connectivity index (χ0v) is 14.6. The molecule has 2 amide bonds. The van der Waals surface area contributed by atoms with Gasteiger partial charge >= 0.3 is 6.09 Å². The third-order valence-electron chi connectivity index (χ3n) is 4.92. The van der Waals surface area contributed by atoms with Gasteiger partial charge in [-0.1, -0.05) is 27.7 Å². The Morgan fingerprint density at radius 1 is 1.50 bits per heavy atom. The van der Waals surface area contributed by atoms with Gasteiger partial charge < -0.3 is 15.3 Å². The number of carbonyl (C=O) groups excluding carboxylic acids is 1. The van der Waals surface area contributed by atoms with E-state index >= 15 is 0 Å². The Bertz CT molecular complexity index is 486. The average Bonchev–Trinajstić information content (AvgIpc) is 2.77. The van der Waals surface area contributed by atoms with Gasteiger partial charge in [-0.25, -0.2) is 4.79 Å². The zero-order chi connectivity index (χ0) is 16.5. The first kappa shape index (κ1) is 17.2. The summed E-state index contributed by atoms with van der Waals surface area (Å²) >= 11 is 1.59. The van der Waals surface area contributed by atoms with E-state index in [1.807, 2.05) is 0 Å². The van der Waals surface area contributed by atoms with Gasteiger partial charge in [0.2, 0.25) is 6.41 Å². The number of amides is 2. The fourth-order valence-electron chi connectivity index (χ4n) is 3.94. The van der Waals surface area contributed by atoms with Crippen molar-refractivity contribution in [1.29, 1.82) is 0 Å². The van der Waals surface area contributed by atoms with Crippen LogP contribution in [-0.2, 0) is 4.79 Å². The quantitative estimate of drug-likeness (QED) is 0.781. The van der Waals surface area contributed by atoms with Crippen molar-refractivity contribution < 1.29 is 14.7 Å². The van der Waals surface area contributed by atoms with Crippen LogP contribution >= 0.6 is 11.8 Å². The summed E-state index contributed by atoms with van der Waals surface area (Å²) in [7, 11) is 0. The lowest BCUT2D eigenvalue weighted by atomic mass is 9.64. The van der Waals surface area contributed by atoms with Crippen LogP contribution in [0.2, 0.25) is 0 Å². The van der Waals surface area contributed by atoms with Gasteiger partial charge in [-0.05, 0) is 35.7 Å². The van der Waals surface area contributed by atoms with Crippen molar-refractivity contribution in [2.24, 2.45) is 10.8 Å². The molecule has 2 rings (SSSR count). The minimum Gasteiger partial charge on any atom is -0.465 e. The van der Waals surface area contributed by atoms with Crippen LogP contribution in [0.5, 0.6) is 0 Å². The van der Waals surface area contributed by atoms with Crippen LogP contribution in [0, 0.1) is 10.8 Å². The molecule has 0 aliphatic carbocycles. The predicted molar refractivity (Wildman–Crippen MR) is 88.6 cm³/mol. The lowest BCUT2D eigenvalue weighted by Crippen LogP contribution is -2.58. The van der Waals surface area contributed by atoms with Crippen molar-refractivity contribution in [3.63, 3.8) is 0 Å². The normalized spacial score (nSPS) is 32.5. The van der Waals surface area contributed by atoms with Crippen LogP contribution in [0.15, 0.2) is 11.0 Å². The minimum absolute atomic E-state index is 0.0668. The molecule has 2 N–H and O–H groups in total. The van der Waals surface area contributed by atoms with Crippen LogP contribution < -0.4 is 5.32 Å². The number of carbonyl (C=O) groups is 2. The highest BCUT2D eigenvalue weighted by Gasteiger charge is 2.54. The molecule has 0 saturated carbocycles. The van der Waals surface area contributed by atoms with Gasteiger partial charge in [-0.2, -0.15) is 0 Å². The average molecular weight is 326 g/mol. The predicted octanol–water partition coefficient (Wildman–Crippen LogP) is 3.27. The van der Waals surface area contributed by atoms with Crippen molar-refractivity contribution in [1.82, 2.24) is 10.2 Å². The largest absolute Gasteiger partial charge is 0.465 e. The second-order valence-electron chi connectivity index (χ2n) is 7.35. The third kappa shape index (κ3) is 2.85. The topological polar surface area (TPSA) is 69.6 Å². The first-order valence-corrected chi connectivity index (χ1v) is 8.73. The van der Waals surface area contributed by atoms with E-state index in [4.69, 9.17) is 0 Å². The molecule has 0 aromatic rings. The second-order valence-corrected chi connectivity index (χ2v) is 8.33. The molecular formula is C16H26N2O3S. The maximum absolute atomic E-state index is 11.7. The third-order valence-corrected chi connectivity index (χ3v) is 6.18. The Morgan fingerprint density at radius 2 is 2.18 bits per heavy atom. The summed E-state index contributed by atoms with van der Waals surface area (Å²) < 4.78 is 0. The molecule has 2 aliphatic heterocycles. The van der Waals surface area contributed by atoms with Crippen molar-refractivity contribution in [2.45, 2.75) is 58.4 Å². The molecule has 1 saturated heterocycles. The summed E-state index contributed by atoms with van der Waals surface area (Å²) in [5.41, 5.74) is 0.771. The molecule has 124 valence electrons. The summed E-state index contributed by atoms with van der Waals surface area (Å²) in [6.45, 7) is 9.13. The Balaban J connectivity index is 2.45. The standard InChI is InChI=1S/C16H26N2O3S/c1-15(2,3)11-9-22-13(17-10-19)16(11,4)12-7-5-6-8-18(12)14(20)21/h9-10,12-13H,5-8H2,1-4H3,(H,17,19)(H,20,21). The number of thioether (sulfide) groups is 1. The van der Waals surface area contributed by atoms with Gasteiger partial charge in [0.15, 0.2) is 0 Å². The number of likely N-dealkylation sites (tertiary alicyclic amines) is 1. The van der Waals surface area contributed by atoms with Gasteiger partial charge in [-0.15, -0.1) is 11.8 Å². The van der Waals surface area contributed by atoms with E-state index in [0.29, 0.717) is 6.54 Å². The van der Waals surface area contributed by atoms with Gasteiger partial charge in [-0.3, -0.25) is 4.79 Å². The first-order chi connectivity index (χ1) is 10.2. The highest BCUT2D eigenvalue weighted by Crippen LogP contribution is 2.55. The fourth-order valence-corrected chi connectivity index (χ4v) is 5.52. The first-order valence-electron chi connectivity index (χ1n) is 7.78. The van der Waals surface area contributed by atoms with Gasteiger partial charge in [0.05, 0.1) is 5.37 Å². The van der Waals surface area contributed by atoms with Crippen molar-refractivity contribution in [2.75, 3.05) is 6.54 Å². The smallest absolute Gasteiger partial charge is 0.407 e. The Labute approximate surface area is 136 Å². The number of carboxylic acid groups (broad SMARTS) is 1. The monoisotopic (exact) mass is 326 g/mol. The lowest BCUT2D eigenvalue weighted by Gasteiger charge is -2.49. The number of hydrogen-bond donors (Lipinski definition) is 2. The van der Waals surface area contributed by atoms with Gasteiger partial charge in [0.25, 0.3) is 0 Å². The summed E-state index contributed by atoms with van der Waals surface area (Å²) in [6.07, 6.45) is 2.64. The van der Waals surface area contributed by atoms with E-state index in [9.17, 15) is 14.7 Å². The van der Waals surface area contributed by atoms with Crippen molar-refractivity contribution in [3.05, 3.63) is 11.0 Å². The highest BCUT2D eigenvalue weighted by atomic mass is 32.2. The van der Waals surface area contributed by atoms with E-state index in [2.05, 4.69) is 38.4 Å². The fraction of sp³-hybridized carbons (Fsp3) is 0.750. The number of piperidine rings is 1. The minimum atomic E-state index is -0.860. The highest BCUT2D eigenvalue weighted by molar-refractivity contribution is 8.03. The summed E-state index contributed by atoms with van der Waals surface area (Å²) in [4.78, 5) is 24.3.